The number of ether oxygens (including phenoxy) is 1. The van der Waals surface area contributed by atoms with Crippen molar-refractivity contribution in [1.82, 2.24) is 0 Å². The van der Waals surface area contributed by atoms with Gasteiger partial charge in [0.1, 0.15) is 17.3 Å². The zero-order valence-electron chi connectivity index (χ0n) is 13.9. The van der Waals surface area contributed by atoms with Crippen LogP contribution in [-0.4, -0.2) is 19.0 Å². The van der Waals surface area contributed by atoms with Gasteiger partial charge in [0.15, 0.2) is 0 Å². The Labute approximate surface area is 156 Å². The molecule has 1 aliphatic carbocycles. The summed E-state index contributed by atoms with van der Waals surface area (Å²) in [4.78, 5) is -1.11. The molecule has 0 bridgehead atoms. The van der Waals surface area contributed by atoms with Gasteiger partial charge in [0.25, 0.3) is 9.84 Å². The topological polar surface area (TPSA) is 113 Å². The minimum Gasteiger partial charge on any atom is -0.457 e. The molecule has 2 aromatic rings. The largest absolute Gasteiger partial charge is 0.501 e. The van der Waals surface area contributed by atoms with E-state index in [4.69, 9.17) is 15.7 Å². The van der Waals surface area contributed by atoms with E-state index < -0.39 is 43.8 Å². The summed E-state index contributed by atoms with van der Waals surface area (Å²) >= 11 is 0. The number of halogens is 4. The molecule has 0 saturated carbocycles. The molecule has 0 saturated heterocycles. The molecule has 0 amide bonds. The second kappa shape index (κ2) is 6.73. The van der Waals surface area contributed by atoms with Crippen molar-refractivity contribution in [1.29, 1.82) is 5.26 Å². The number of benzene rings is 2. The number of nitrogens with two attached hydrogens (primary N) is 1. The third-order valence-corrected chi connectivity index (χ3v) is 5.76. The van der Waals surface area contributed by atoms with E-state index >= 15 is 0 Å². The Kier molecular flexibility index (Phi) is 4.82. The zero-order valence-corrected chi connectivity index (χ0v) is 14.7. The average molecular weight is 416 g/mol. The summed E-state index contributed by atoms with van der Waals surface area (Å²) in [6, 6.07) is 5.39. The van der Waals surface area contributed by atoms with Gasteiger partial charge in [-0.3, -0.25) is 0 Å². The van der Waals surface area contributed by atoms with Crippen LogP contribution in [0.15, 0.2) is 35.2 Å². The highest BCUT2D eigenvalue weighted by molar-refractivity contribution is 7.92. The molecule has 1 aliphatic rings. The van der Waals surface area contributed by atoms with Crippen LogP contribution in [0.25, 0.3) is 0 Å². The number of alkyl halides is 3. The number of nitriles is 1. The predicted molar refractivity (Wildman–Crippen MR) is 87.4 cm³/mol. The summed E-state index contributed by atoms with van der Waals surface area (Å²) < 4.78 is 81.7. The molecule has 0 aliphatic heterocycles. The summed E-state index contributed by atoms with van der Waals surface area (Å²) in [7, 11) is -5.74. The van der Waals surface area contributed by atoms with Gasteiger partial charge in [0.05, 0.1) is 22.6 Å². The molecule has 3 N–H and O–H groups in total. The first-order valence-electron chi connectivity index (χ1n) is 7.76. The Balaban J connectivity index is 2.17. The van der Waals surface area contributed by atoms with Crippen LogP contribution in [0.3, 0.4) is 0 Å². The Morgan fingerprint density at radius 3 is 2.50 bits per heavy atom. The van der Waals surface area contributed by atoms with Gasteiger partial charge in [-0.25, -0.2) is 12.8 Å². The Morgan fingerprint density at radius 1 is 1.21 bits per heavy atom. The van der Waals surface area contributed by atoms with E-state index in [9.17, 15) is 31.1 Å². The second-order valence-corrected chi connectivity index (χ2v) is 8.00. The van der Waals surface area contributed by atoms with Crippen LogP contribution in [0.4, 0.5) is 17.6 Å². The highest BCUT2D eigenvalue weighted by Gasteiger charge is 2.50. The first kappa shape index (κ1) is 20.1. The molecule has 3 rings (SSSR count). The SMILES string of the molecule is N#Cc1cc(F)cc(Oc2ccc(S(=O)(=O)C(F)(F)F)c3c2[C@@H](N)CC3O)c1. The molecule has 1 unspecified atom stereocenters. The maximum absolute atomic E-state index is 13.6. The van der Waals surface area contributed by atoms with Crippen molar-refractivity contribution in [2.45, 2.75) is 29.0 Å². The van der Waals surface area contributed by atoms with Gasteiger partial charge < -0.3 is 15.6 Å². The molecule has 0 aromatic heterocycles. The maximum atomic E-state index is 13.6. The van der Waals surface area contributed by atoms with E-state index in [2.05, 4.69) is 0 Å². The summed E-state index contributed by atoms with van der Waals surface area (Å²) in [5.74, 6) is -1.07. The van der Waals surface area contributed by atoms with Crippen LogP contribution in [0.1, 0.15) is 35.3 Å². The van der Waals surface area contributed by atoms with Gasteiger partial charge >= 0.3 is 5.51 Å². The third kappa shape index (κ3) is 3.30. The minimum atomic E-state index is -5.74. The lowest BCUT2D eigenvalue weighted by atomic mass is 10.1. The monoisotopic (exact) mass is 416 g/mol. The number of hydrogen-bond acceptors (Lipinski definition) is 6. The summed E-state index contributed by atoms with van der Waals surface area (Å²) in [5, 5.41) is 19.0. The van der Waals surface area contributed by atoms with E-state index in [0.29, 0.717) is 6.07 Å². The number of fused-ring (bicyclic) bond motifs is 1. The summed E-state index contributed by atoms with van der Waals surface area (Å²) in [6.07, 6.45) is -1.77. The van der Waals surface area contributed by atoms with Crippen LogP contribution in [0.2, 0.25) is 0 Å². The van der Waals surface area contributed by atoms with Crippen molar-refractivity contribution in [3.8, 4) is 17.6 Å². The smallest absolute Gasteiger partial charge is 0.457 e. The third-order valence-electron chi connectivity index (χ3n) is 4.21. The number of hydrogen-bond donors (Lipinski definition) is 2. The van der Waals surface area contributed by atoms with Crippen LogP contribution in [0, 0.1) is 17.1 Å². The van der Waals surface area contributed by atoms with Crippen LogP contribution >= 0.6 is 0 Å². The maximum Gasteiger partial charge on any atom is 0.501 e. The van der Waals surface area contributed by atoms with Crippen LogP contribution < -0.4 is 10.5 Å². The van der Waals surface area contributed by atoms with Gasteiger partial charge in [0.2, 0.25) is 0 Å². The highest BCUT2D eigenvalue weighted by Crippen LogP contribution is 2.48. The first-order chi connectivity index (χ1) is 13.0. The number of nitrogens with zero attached hydrogens (tertiary/aromatic N) is 1. The van der Waals surface area contributed by atoms with E-state index in [-0.39, 0.29) is 29.0 Å². The van der Waals surface area contributed by atoms with Crippen LogP contribution in [-0.2, 0) is 9.84 Å². The number of rotatable bonds is 3. The Hall–Kier alpha value is -2.68. The second-order valence-electron chi connectivity index (χ2n) is 6.09. The molecule has 148 valence electrons. The van der Waals surface area contributed by atoms with Crippen molar-refractivity contribution in [2.75, 3.05) is 0 Å². The van der Waals surface area contributed by atoms with Gasteiger partial charge in [-0.15, -0.1) is 0 Å². The summed E-state index contributed by atoms with van der Waals surface area (Å²) in [6.45, 7) is 0. The van der Waals surface area contributed by atoms with Crippen molar-refractivity contribution in [2.24, 2.45) is 5.73 Å². The van der Waals surface area contributed by atoms with Gasteiger partial charge in [0, 0.05) is 23.2 Å². The lowest BCUT2D eigenvalue weighted by molar-refractivity contribution is -0.0437. The molecular formula is C17H12F4N2O4S. The zero-order chi connectivity index (χ0) is 20.9. The predicted octanol–water partition coefficient (Wildman–Crippen LogP) is 3.22. The van der Waals surface area contributed by atoms with Gasteiger partial charge in [-0.2, -0.15) is 18.4 Å². The molecule has 0 fully saturated rings. The molecule has 0 radical (unpaired) electrons. The van der Waals surface area contributed by atoms with Crippen molar-refractivity contribution < 1.29 is 35.8 Å². The normalized spacial score (nSPS) is 19.2. The molecule has 2 atom stereocenters. The van der Waals surface area contributed by atoms with Crippen molar-refractivity contribution >= 4 is 9.84 Å². The fourth-order valence-corrected chi connectivity index (χ4v) is 4.09. The van der Waals surface area contributed by atoms with Gasteiger partial charge in [-0.1, -0.05) is 0 Å². The standard InChI is InChI=1S/C17H12F4N2O4S/c18-9-3-8(7-22)4-10(5-9)27-13-1-2-14(28(25,26)17(19,20)21)16-12(24)6-11(23)15(13)16/h1-5,11-12,24H,6,23H2/t11-,12?/m0/s1. The van der Waals surface area contributed by atoms with E-state index in [1.54, 1.807) is 6.07 Å². The molecule has 11 heteroatoms. The van der Waals surface area contributed by atoms with E-state index in [0.717, 1.165) is 18.2 Å². The van der Waals surface area contributed by atoms with Gasteiger partial charge in [-0.05, 0) is 30.7 Å². The molecule has 0 spiro atoms. The van der Waals surface area contributed by atoms with E-state index in [1.807, 2.05) is 0 Å². The fourth-order valence-electron chi connectivity index (χ4n) is 3.06. The van der Waals surface area contributed by atoms with Crippen molar-refractivity contribution in [3.05, 3.63) is 52.8 Å². The number of sulfone groups is 1. The Morgan fingerprint density at radius 2 is 1.89 bits per heavy atom. The molecular weight excluding hydrogens is 404 g/mol. The lowest BCUT2D eigenvalue weighted by Crippen LogP contribution is -2.25. The summed E-state index contributed by atoms with van der Waals surface area (Å²) in [5.41, 5.74) is -0.402. The van der Waals surface area contributed by atoms with E-state index in [1.165, 1.54) is 6.07 Å². The minimum absolute atomic E-state index is 0.0627. The molecule has 6 nitrogen and oxygen atoms in total. The molecule has 2 aromatic carbocycles. The number of aliphatic hydroxyl groups excluding tert-OH is 1. The van der Waals surface area contributed by atoms with Crippen LogP contribution in [0.5, 0.6) is 11.5 Å². The lowest BCUT2D eigenvalue weighted by Gasteiger charge is -2.18. The first-order valence-corrected chi connectivity index (χ1v) is 9.24. The quantitative estimate of drug-likeness (QED) is 0.743. The Bertz CT molecular complexity index is 1090. The average Bonchev–Trinajstić information content (AvgIpc) is 2.88. The number of aliphatic hydroxyl groups is 1. The van der Waals surface area contributed by atoms with Crippen molar-refractivity contribution in [3.63, 3.8) is 0 Å². The molecule has 0 heterocycles. The fraction of sp³-hybridized carbons (Fsp3) is 0.235. The molecule has 28 heavy (non-hydrogen) atoms. The highest BCUT2D eigenvalue weighted by atomic mass is 32.2.